The third-order valence-corrected chi connectivity index (χ3v) is 4.44. The standard InChI is InChI=1S/C16H21N3O2/c1-12-14(20)5-4-10-19(12)16(21)13-6-7-15(17-11-13)18-8-2-3-9-18/h6-7,11-12H,2-5,8-10H2,1H3. The molecule has 0 radical (unpaired) electrons. The highest BCUT2D eigenvalue weighted by Crippen LogP contribution is 2.20. The van der Waals surface area contributed by atoms with Gasteiger partial charge in [0.05, 0.1) is 11.6 Å². The molecule has 1 unspecified atom stereocenters. The van der Waals surface area contributed by atoms with Crippen molar-refractivity contribution in [2.45, 2.75) is 38.6 Å². The number of pyridine rings is 1. The number of hydrogen-bond donors (Lipinski definition) is 0. The van der Waals surface area contributed by atoms with Crippen LogP contribution < -0.4 is 4.90 Å². The number of carbonyl (C=O) groups is 2. The molecule has 3 rings (SSSR count). The first-order valence-electron chi connectivity index (χ1n) is 7.71. The molecular formula is C16H21N3O2. The Balaban J connectivity index is 1.73. The van der Waals surface area contributed by atoms with Gasteiger partial charge in [0, 0.05) is 32.3 Å². The number of rotatable bonds is 2. The van der Waals surface area contributed by atoms with Gasteiger partial charge in [-0.3, -0.25) is 9.59 Å². The largest absolute Gasteiger partial charge is 0.357 e. The summed E-state index contributed by atoms with van der Waals surface area (Å²) in [6.07, 6.45) is 5.39. The summed E-state index contributed by atoms with van der Waals surface area (Å²) < 4.78 is 0. The van der Waals surface area contributed by atoms with Crippen molar-refractivity contribution >= 4 is 17.5 Å². The van der Waals surface area contributed by atoms with Crippen molar-refractivity contribution in [3.05, 3.63) is 23.9 Å². The second kappa shape index (κ2) is 5.84. The molecule has 1 atom stereocenters. The zero-order valence-corrected chi connectivity index (χ0v) is 12.4. The lowest BCUT2D eigenvalue weighted by Crippen LogP contribution is -2.47. The topological polar surface area (TPSA) is 53.5 Å². The van der Waals surface area contributed by atoms with Crippen LogP contribution in [0, 0.1) is 0 Å². The van der Waals surface area contributed by atoms with Crippen LogP contribution in [-0.2, 0) is 4.79 Å². The van der Waals surface area contributed by atoms with E-state index in [2.05, 4.69) is 9.88 Å². The van der Waals surface area contributed by atoms with E-state index in [-0.39, 0.29) is 17.7 Å². The zero-order chi connectivity index (χ0) is 14.8. The molecule has 0 spiro atoms. The monoisotopic (exact) mass is 287 g/mol. The maximum Gasteiger partial charge on any atom is 0.256 e. The smallest absolute Gasteiger partial charge is 0.256 e. The maximum atomic E-state index is 12.5. The van der Waals surface area contributed by atoms with Gasteiger partial charge in [-0.15, -0.1) is 0 Å². The van der Waals surface area contributed by atoms with Crippen LogP contribution in [0.1, 0.15) is 43.0 Å². The van der Waals surface area contributed by atoms with Crippen molar-refractivity contribution in [2.24, 2.45) is 0 Å². The number of anilines is 1. The molecule has 21 heavy (non-hydrogen) atoms. The molecule has 0 saturated carbocycles. The molecule has 0 aliphatic carbocycles. The van der Waals surface area contributed by atoms with Gasteiger partial charge in [0.15, 0.2) is 5.78 Å². The summed E-state index contributed by atoms with van der Waals surface area (Å²) in [5.74, 6) is 0.999. The molecule has 5 heteroatoms. The van der Waals surface area contributed by atoms with Crippen molar-refractivity contribution < 1.29 is 9.59 Å². The lowest BCUT2D eigenvalue weighted by atomic mass is 10.0. The number of amides is 1. The van der Waals surface area contributed by atoms with Crippen molar-refractivity contribution in [2.75, 3.05) is 24.5 Å². The van der Waals surface area contributed by atoms with Gasteiger partial charge in [-0.05, 0) is 38.3 Å². The third-order valence-electron chi connectivity index (χ3n) is 4.44. The van der Waals surface area contributed by atoms with Crippen LogP contribution in [0.4, 0.5) is 5.82 Å². The van der Waals surface area contributed by atoms with Crippen LogP contribution in [0.15, 0.2) is 18.3 Å². The molecule has 2 aliphatic heterocycles. The summed E-state index contributed by atoms with van der Waals surface area (Å²) in [6.45, 7) is 4.54. The first-order chi connectivity index (χ1) is 10.2. The third kappa shape index (κ3) is 2.77. The van der Waals surface area contributed by atoms with Crippen LogP contribution >= 0.6 is 0 Å². The minimum absolute atomic E-state index is 0.0870. The minimum atomic E-state index is -0.315. The predicted molar refractivity (Wildman–Crippen MR) is 80.4 cm³/mol. The summed E-state index contributed by atoms with van der Waals surface area (Å²) in [4.78, 5) is 32.6. The number of nitrogens with zero attached hydrogens (tertiary/aromatic N) is 3. The molecule has 0 N–H and O–H groups in total. The van der Waals surface area contributed by atoms with Crippen molar-refractivity contribution in [3.8, 4) is 0 Å². The predicted octanol–water partition coefficient (Wildman–Crippen LogP) is 1.88. The number of ketones is 1. The van der Waals surface area contributed by atoms with E-state index in [1.54, 1.807) is 11.1 Å². The quantitative estimate of drug-likeness (QED) is 0.833. The highest BCUT2D eigenvalue weighted by molar-refractivity contribution is 5.98. The van der Waals surface area contributed by atoms with E-state index >= 15 is 0 Å². The van der Waals surface area contributed by atoms with Crippen LogP contribution in [0.2, 0.25) is 0 Å². The summed E-state index contributed by atoms with van der Waals surface area (Å²) in [6, 6.07) is 3.42. The van der Waals surface area contributed by atoms with Crippen molar-refractivity contribution in [3.63, 3.8) is 0 Å². The van der Waals surface area contributed by atoms with Gasteiger partial charge in [-0.1, -0.05) is 0 Å². The van der Waals surface area contributed by atoms with E-state index in [4.69, 9.17) is 0 Å². The molecule has 5 nitrogen and oxygen atoms in total. The van der Waals surface area contributed by atoms with Gasteiger partial charge < -0.3 is 9.80 Å². The first-order valence-corrected chi connectivity index (χ1v) is 7.71. The van der Waals surface area contributed by atoms with Gasteiger partial charge >= 0.3 is 0 Å². The van der Waals surface area contributed by atoms with E-state index in [0.29, 0.717) is 18.5 Å². The second-order valence-electron chi connectivity index (χ2n) is 5.84. The molecule has 1 amide bonds. The Morgan fingerprint density at radius 2 is 1.95 bits per heavy atom. The van der Waals surface area contributed by atoms with E-state index in [1.165, 1.54) is 12.8 Å². The first kappa shape index (κ1) is 14.0. The Morgan fingerprint density at radius 3 is 2.62 bits per heavy atom. The molecule has 3 heterocycles. The highest BCUT2D eigenvalue weighted by Gasteiger charge is 2.30. The van der Waals surface area contributed by atoms with E-state index in [9.17, 15) is 9.59 Å². The molecule has 1 aromatic heterocycles. The molecule has 2 fully saturated rings. The average molecular weight is 287 g/mol. The summed E-state index contributed by atoms with van der Waals surface area (Å²) >= 11 is 0. The number of Topliss-reactive ketones (excluding diaryl/α,β-unsaturated/α-hetero) is 1. The lowest BCUT2D eigenvalue weighted by Gasteiger charge is -2.32. The van der Waals surface area contributed by atoms with Gasteiger partial charge in [0.25, 0.3) is 5.91 Å². The van der Waals surface area contributed by atoms with Gasteiger partial charge in [-0.2, -0.15) is 0 Å². The Bertz CT molecular complexity index is 535. The van der Waals surface area contributed by atoms with E-state index in [1.807, 2.05) is 19.1 Å². The molecule has 112 valence electrons. The van der Waals surface area contributed by atoms with Crippen LogP contribution in [0.5, 0.6) is 0 Å². The van der Waals surface area contributed by atoms with E-state index < -0.39 is 0 Å². The molecule has 1 aromatic rings. The van der Waals surface area contributed by atoms with Crippen molar-refractivity contribution in [1.82, 2.24) is 9.88 Å². The molecule has 2 saturated heterocycles. The highest BCUT2D eigenvalue weighted by atomic mass is 16.2. The second-order valence-corrected chi connectivity index (χ2v) is 5.84. The Labute approximate surface area is 124 Å². The minimum Gasteiger partial charge on any atom is -0.357 e. The Hall–Kier alpha value is -1.91. The van der Waals surface area contributed by atoms with Crippen molar-refractivity contribution in [1.29, 1.82) is 0 Å². The fourth-order valence-corrected chi connectivity index (χ4v) is 3.09. The van der Waals surface area contributed by atoms with Gasteiger partial charge in [0.2, 0.25) is 0 Å². The molecule has 0 aromatic carbocycles. The van der Waals surface area contributed by atoms with E-state index in [0.717, 1.165) is 25.3 Å². The summed E-state index contributed by atoms with van der Waals surface area (Å²) in [7, 11) is 0. The van der Waals surface area contributed by atoms with Crippen LogP contribution in [0.3, 0.4) is 0 Å². The van der Waals surface area contributed by atoms with Gasteiger partial charge in [0.1, 0.15) is 5.82 Å². The normalized spacial score (nSPS) is 22.7. The number of carbonyl (C=O) groups excluding carboxylic acids is 2. The molecule has 0 bridgehead atoms. The van der Waals surface area contributed by atoms with Gasteiger partial charge in [-0.25, -0.2) is 4.98 Å². The summed E-state index contributed by atoms with van der Waals surface area (Å²) in [5, 5.41) is 0. The zero-order valence-electron chi connectivity index (χ0n) is 12.4. The number of hydrogen-bond acceptors (Lipinski definition) is 4. The SMILES string of the molecule is CC1C(=O)CCCN1C(=O)c1ccc(N2CCCC2)nc1. The number of aromatic nitrogens is 1. The lowest BCUT2D eigenvalue weighted by molar-refractivity contribution is -0.125. The number of likely N-dealkylation sites (tertiary alicyclic amines) is 1. The Morgan fingerprint density at radius 1 is 1.19 bits per heavy atom. The maximum absolute atomic E-state index is 12.5. The fourth-order valence-electron chi connectivity index (χ4n) is 3.09. The Kier molecular flexibility index (Phi) is 3.90. The number of piperidine rings is 1. The molecular weight excluding hydrogens is 266 g/mol. The molecule has 2 aliphatic rings. The summed E-state index contributed by atoms with van der Waals surface area (Å²) in [5.41, 5.74) is 0.569. The fraction of sp³-hybridized carbons (Fsp3) is 0.562. The average Bonchev–Trinajstić information content (AvgIpc) is 3.04. The van der Waals surface area contributed by atoms with Crippen LogP contribution in [-0.4, -0.2) is 47.3 Å². The van der Waals surface area contributed by atoms with Crippen LogP contribution in [0.25, 0.3) is 0 Å².